The summed E-state index contributed by atoms with van der Waals surface area (Å²) in [5, 5.41) is 0.246. The van der Waals surface area contributed by atoms with Crippen molar-refractivity contribution in [3.05, 3.63) is 125 Å². The predicted octanol–water partition coefficient (Wildman–Crippen LogP) is 7.15. The molecule has 34 heavy (non-hydrogen) atoms. The Bertz CT molecular complexity index is 1410. The number of fused-ring (bicyclic) bond motifs is 1. The Labute approximate surface area is 195 Å². The van der Waals surface area contributed by atoms with Crippen molar-refractivity contribution in [2.45, 2.75) is 12.8 Å². The minimum Gasteiger partial charge on any atom is -0.489 e. The Morgan fingerprint density at radius 1 is 0.735 bits per heavy atom. The summed E-state index contributed by atoms with van der Waals surface area (Å²) in [6.07, 6.45) is 2.81. The Kier molecular flexibility index (Phi) is 6.98. The summed E-state index contributed by atoms with van der Waals surface area (Å²) in [7, 11) is 0. The molecule has 0 bridgehead atoms. The van der Waals surface area contributed by atoms with Gasteiger partial charge in [-0.05, 0) is 65.8 Å². The third kappa shape index (κ3) is 5.29. The summed E-state index contributed by atoms with van der Waals surface area (Å²) >= 11 is 0. The largest absolute Gasteiger partial charge is 0.489 e. The molecule has 0 aliphatic carbocycles. The van der Waals surface area contributed by atoms with Crippen LogP contribution in [0.1, 0.15) is 22.3 Å². The minimum atomic E-state index is -1.48. The molecule has 170 valence electrons. The second-order valence-corrected chi connectivity index (χ2v) is 7.72. The molecule has 4 rings (SSSR count). The van der Waals surface area contributed by atoms with Crippen LogP contribution in [0.15, 0.2) is 79.4 Å². The van der Waals surface area contributed by atoms with Crippen LogP contribution >= 0.6 is 0 Å². The molecular formula is C29H20F4O. The van der Waals surface area contributed by atoms with Gasteiger partial charge >= 0.3 is 0 Å². The molecule has 0 fully saturated rings. The third-order valence-corrected chi connectivity index (χ3v) is 5.35. The van der Waals surface area contributed by atoms with E-state index in [1.807, 2.05) is 24.3 Å². The maximum Gasteiger partial charge on any atom is 0.195 e. The highest BCUT2D eigenvalue weighted by Crippen LogP contribution is 2.24. The predicted molar refractivity (Wildman–Crippen MR) is 126 cm³/mol. The molecule has 4 aromatic carbocycles. The fraction of sp³-hybridized carbons (Fsp3) is 0.103. The number of halogens is 4. The molecule has 0 spiro atoms. The first-order chi connectivity index (χ1) is 16.4. The van der Waals surface area contributed by atoms with Crippen molar-refractivity contribution < 1.29 is 22.3 Å². The van der Waals surface area contributed by atoms with E-state index >= 15 is 0 Å². The van der Waals surface area contributed by atoms with E-state index in [2.05, 4.69) is 18.4 Å². The summed E-state index contributed by atoms with van der Waals surface area (Å²) < 4.78 is 60.4. The van der Waals surface area contributed by atoms with Crippen LogP contribution in [0.3, 0.4) is 0 Å². The van der Waals surface area contributed by atoms with Gasteiger partial charge in [0.25, 0.3) is 0 Å². The van der Waals surface area contributed by atoms with Gasteiger partial charge in [0.15, 0.2) is 17.5 Å². The quantitative estimate of drug-likeness (QED) is 0.129. The van der Waals surface area contributed by atoms with Gasteiger partial charge in [0.05, 0.1) is 0 Å². The van der Waals surface area contributed by atoms with Crippen molar-refractivity contribution in [1.82, 2.24) is 0 Å². The third-order valence-electron chi connectivity index (χ3n) is 5.35. The van der Waals surface area contributed by atoms with Crippen LogP contribution in [-0.2, 0) is 12.8 Å². The summed E-state index contributed by atoms with van der Waals surface area (Å²) in [5.41, 5.74) is 2.96. The van der Waals surface area contributed by atoms with E-state index in [1.165, 1.54) is 18.2 Å². The van der Waals surface area contributed by atoms with Gasteiger partial charge in [0.1, 0.15) is 18.2 Å². The van der Waals surface area contributed by atoms with E-state index in [4.69, 9.17) is 4.74 Å². The van der Waals surface area contributed by atoms with E-state index in [0.29, 0.717) is 36.3 Å². The van der Waals surface area contributed by atoms with Crippen LogP contribution in [-0.4, -0.2) is 6.61 Å². The number of ether oxygens (including phenoxy) is 1. The molecule has 0 saturated carbocycles. The lowest BCUT2D eigenvalue weighted by atomic mass is 10.0. The zero-order valence-corrected chi connectivity index (χ0v) is 18.2. The first-order valence-corrected chi connectivity index (χ1v) is 10.6. The van der Waals surface area contributed by atoms with Crippen LogP contribution in [0.2, 0.25) is 0 Å². The molecule has 0 heterocycles. The average Bonchev–Trinajstić information content (AvgIpc) is 2.85. The van der Waals surface area contributed by atoms with E-state index < -0.39 is 17.5 Å². The molecular weight excluding hydrogens is 440 g/mol. The van der Waals surface area contributed by atoms with Gasteiger partial charge in [0, 0.05) is 22.6 Å². The SMILES string of the molecule is C=CCOc1ccc(CCc2ccc(C#Cc3ccc4c(F)c(F)c(F)cc4c3)cc2)c(F)c1. The Balaban J connectivity index is 1.42. The molecule has 0 unspecified atom stereocenters. The van der Waals surface area contributed by atoms with Gasteiger partial charge in [-0.25, -0.2) is 17.6 Å². The number of hydrogen-bond acceptors (Lipinski definition) is 1. The fourth-order valence-electron chi connectivity index (χ4n) is 3.54. The average molecular weight is 460 g/mol. The normalized spacial score (nSPS) is 10.6. The lowest BCUT2D eigenvalue weighted by molar-refractivity contribution is 0.360. The smallest absolute Gasteiger partial charge is 0.195 e. The molecule has 1 nitrogen and oxygen atoms in total. The number of benzene rings is 4. The molecule has 0 radical (unpaired) electrons. The van der Waals surface area contributed by atoms with Gasteiger partial charge in [-0.2, -0.15) is 0 Å². The molecule has 0 aliphatic rings. The maximum absolute atomic E-state index is 14.3. The van der Waals surface area contributed by atoms with Crippen molar-refractivity contribution in [3.8, 4) is 17.6 Å². The van der Waals surface area contributed by atoms with Crippen molar-refractivity contribution in [2.24, 2.45) is 0 Å². The van der Waals surface area contributed by atoms with Crippen LogP contribution in [0, 0.1) is 35.1 Å². The van der Waals surface area contributed by atoms with Crippen molar-refractivity contribution in [2.75, 3.05) is 6.61 Å². The molecule has 0 N–H and O–H groups in total. The van der Waals surface area contributed by atoms with Crippen molar-refractivity contribution >= 4 is 10.8 Å². The maximum atomic E-state index is 14.3. The first-order valence-electron chi connectivity index (χ1n) is 10.6. The monoisotopic (exact) mass is 460 g/mol. The summed E-state index contributed by atoms with van der Waals surface area (Å²) in [4.78, 5) is 0. The zero-order valence-electron chi connectivity index (χ0n) is 18.2. The van der Waals surface area contributed by atoms with E-state index in [0.717, 1.165) is 17.2 Å². The van der Waals surface area contributed by atoms with Gasteiger partial charge in [-0.15, -0.1) is 0 Å². The molecule has 0 atom stereocenters. The van der Waals surface area contributed by atoms with Gasteiger partial charge in [0.2, 0.25) is 0 Å². The van der Waals surface area contributed by atoms with Crippen LogP contribution in [0.5, 0.6) is 5.75 Å². The zero-order chi connectivity index (χ0) is 24.1. The number of hydrogen-bond donors (Lipinski definition) is 0. The summed E-state index contributed by atoms with van der Waals surface area (Å²) in [5.74, 6) is 2.21. The number of rotatable bonds is 6. The van der Waals surface area contributed by atoms with E-state index in [9.17, 15) is 17.6 Å². The van der Waals surface area contributed by atoms with Crippen molar-refractivity contribution in [1.29, 1.82) is 0 Å². The second kappa shape index (κ2) is 10.3. The highest BCUT2D eigenvalue weighted by molar-refractivity contribution is 5.84. The molecule has 4 aromatic rings. The van der Waals surface area contributed by atoms with Crippen LogP contribution < -0.4 is 4.74 Å². The number of aryl methyl sites for hydroxylation is 2. The van der Waals surface area contributed by atoms with Crippen LogP contribution in [0.4, 0.5) is 17.6 Å². The first kappa shape index (κ1) is 23.1. The standard InChI is InChI=1S/C29H20F4O/c1-2-15-34-24-13-12-22(26(30)18-24)11-9-20-5-3-19(4-6-20)7-8-21-10-14-25-23(16-21)17-27(31)29(33)28(25)32/h2-6,10,12-14,16-18H,1,9,11,15H2. The molecule has 5 heteroatoms. The Morgan fingerprint density at radius 2 is 1.47 bits per heavy atom. The van der Waals surface area contributed by atoms with Gasteiger partial charge < -0.3 is 4.74 Å². The Morgan fingerprint density at radius 3 is 2.21 bits per heavy atom. The molecule has 0 aromatic heterocycles. The van der Waals surface area contributed by atoms with E-state index in [1.54, 1.807) is 24.3 Å². The lowest BCUT2D eigenvalue weighted by Gasteiger charge is -2.07. The van der Waals surface area contributed by atoms with Gasteiger partial charge in [-0.3, -0.25) is 0 Å². The molecule has 0 saturated heterocycles. The van der Waals surface area contributed by atoms with E-state index in [-0.39, 0.29) is 16.6 Å². The minimum absolute atomic E-state index is 0.00386. The Hall–Kier alpha value is -4.04. The summed E-state index contributed by atoms with van der Waals surface area (Å²) in [6, 6.07) is 17.8. The topological polar surface area (TPSA) is 9.23 Å². The lowest BCUT2D eigenvalue weighted by Crippen LogP contribution is -1.98. The summed E-state index contributed by atoms with van der Waals surface area (Å²) in [6.45, 7) is 3.89. The highest BCUT2D eigenvalue weighted by Gasteiger charge is 2.13. The van der Waals surface area contributed by atoms with Crippen molar-refractivity contribution in [3.63, 3.8) is 0 Å². The molecule has 0 amide bonds. The highest BCUT2D eigenvalue weighted by atomic mass is 19.2. The van der Waals surface area contributed by atoms with Gasteiger partial charge in [-0.1, -0.05) is 48.8 Å². The van der Waals surface area contributed by atoms with Crippen LogP contribution in [0.25, 0.3) is 10.8 Å². The molecule has 0 aliphatic heterocycles. The second-order valence-electron chi connectivity index (χ2n) is 7.72. The fourth-order valence-corrected chi connectivity index (χ4v) is 3.54.